The average Bonchev–Trinajstić information content (AvgIpc) is 2.85. The molecule has 3 rings (SSSR count). The lowest BCUT2D eigenvalue weighted by Crippen LogP contribution is -2.11. The first-order valence-corrected chi connectivity index (χ1v) is 5.75. The Morgan fingerprint density at radius 2 is 1.81 bits per heavy atom. The van der Waals surface area contributed by atoms with Crippen molar-refractivity contribution in [3.05, 3.63) is 41.2 Å². The Morgan fingerprint density at radius 3 is 2.44 bits per heavy atom. The monoisotopic (exact) mass is 216 g/mol. The van der Waals surface area contributed by atoms with Crippen LogP contribution in [0.1, 0.15) is 24.8 Å². The lowest BCUT2D eigenvalue weighted by atomic mass is 9.92. The Balaban J connectivity index is 1.93. The van der Waals surface area contributed by atoms with Crippen molar-refractivity contribution in [1.29, 1.82) is 0 Å². The lowest BCUT2D eigenvalue weighted by molar-refractivity contribution is -0.118. The first-order chi connectivity index (χ1) is 7.74. The minimum absolute atomic E-state index is 0.235. The molecule has 1 aromatic rings. The predicted molar refractivity (Wildman–Crippen MR) is 60.2 cm³/mol. The maximum absolute atomic E-state index is 12.7. The second-order valence-electron chi connectivity index (χ2n) is 4.72. The summed E-state index contributed by atoms with van der Waals surface area (Å²) in [6.45, 7) is 0. The maximum atomic E-state index is 12.7. The van der Waals surface area contributed by atoms with Gasteiger partial charge >= 0.3 is 0 Å². The standard InChI is InChI=1S/C14H13FO/c15-12-5-1-9(2-6-12)7-13-10-3-4-11(8-10)14(13)16/h1-2,5-7,10-11H,3-4,8H2/b13-7+/t10-,11+/m1/s1. The molecule has 0 aromatic heterocycles. The molecule has 2 bridgehead atoms. The summed E-state index contributed by atoms with van der Waals surface area (Å²) in [6, 6.07) is 6.32. The molecule has 2 heteroatoms. The van der Waals surface area contributed by atoms with Crippen molar-refractivity contribution in [3.8, 4) is 0 Å². The molecular formula is C14H13FO. The molecule has 0 N–H and O–H groups in total. The summed E-state index contributed by atoms with van der Waals surface area (Å²) < 4.78 is 12.7. The summed E-state index contributed by atoms with van der Waals surface area (Å²) in [7, 11) is 0. The smallest absolute Gasteiger partial charge is 0.162 e. The third kappa shape index (κ3) is 1.49. The van der Waals surface area contributed by atoms with Crippen LogP contribution in [0.5, 0.6) is 0 Å². The zero-order valence-corrected chi connectivity index (χ0v) is 8.95. The summed E-state index contributed by atoms with van der Waals surface area (Å²) in [5.74, 6) is 0.821. The van der Waals surface area contributed by atoms with Gasteiger partial charge in [-0.05, 0) is 54.5 Å². The predicted octanol–water partition coefficient (Wildman–Crippen LogP) is 3.21. The van der Waals surface area contributed by atoms with Crippen LogP contribution in [0.15, 0.2) is 29.8 Å². The van der Waals surface area contributed by atoms with Gasteiger partial charge in [-0.2, -0.15) is 0 Å². The quantitative estimate of drug-likeness (QED) is 0.659. The highest BCUT2D eigenvalue weighted by Crippen LogP contribution is 2.46. The minimum Gasteiger partial charge on any atom is -0.294 e. The number of rotatable bonds is 1. The molecule has 2 atom stereocenters. The van der Waals surface area contributed by atoms with Crippen LogP contribution in [-0.4, -0.2) is 5.78 Å². The zero-order chi connectivity index (χ0) is 11.1. The van der Waals surface area contributed by atoms with Crippen LogP contribution >= 0.6 is 0 Å². The van der Waals surface area contributed by atoms with Gasteiger partial charge in [-0.25, -0.2) is 4.39 Å². The van der Waals surface area contributed by atoms with Crippen molar-refractivity contribution < 1.29 is 9.18 Å². The largest absolute Gasteiger partial charge is 0.294 e. The Hall–Kier alpha value is -1.44. The third-order valence-electron chi connectivity index (χ3n) is 3.72. The number of ketones is 1. The molecule has 2 aliphatic rings. The van der Waals surface area contributed by atoms with Crippen molar-refractivity contribution in [3.63, 3.8) is 0 Å². The van der Waals surface area contributed by atoms with Crippen molar-refractivity contribution in [2.75, 3.05) is 0 Å². The highest BCUT2D eigenvalue weighted by Gasteiger charge is 2.42. The van der Waals surface area contributed by atoms with E-state index in [2.05, 4.69) is 0 Å². The van der Waals surface area contributed by atoms with E-state index < -0.39 is 0 Å². The third-order valence-corrected chi connectivity index (χ3v) is 3.72. The molecule has 2 aliphatic carbocycles. The van der Waals surface area contributed by atoms with Gasteiger partial charge in [0.15, 0.2) is 5.78 Å². The Labute approximate surface area is 94.0 Å². The fraction of sp³-hybridized carbons (Fsp3) is 0.357. The zero-order valence-electron chi connectivity index (χ0n) is 8.95. The van der Waals surface area contributed by atoms with E-state index in [0.29, 0.717) is 11.7 Å². The van der Waals surface area contributed by atoms with E-state index in [4.69, 9.17) is 0 Å². The van der Waals surface area contributed by atoms with Gasteiger partial charge in [0, 0.05) is 5.92 Å². The lowest BCUT2D eigenvalue weighted by Gasteiger charge is -2.11. The number of halogens is 1. The molecule has 1 nitrogen and oxygen atoms in total. The van der Waals surface area contributed by atoms with Gasteiger partial charge in [0.25, 0.3) is 0 Å². The first-order valence-electron chi connectivity index (χ1n) is 5.75. The number of Topliss-reactive ketones (excluding diaryl/α,β-unsaturated/α-hetero) is 1. The normalized spacial score (nSPS) is 30.3. The number of hydrogen-bond acceptors (Lipinski definition) is 1. The van der Waals surface area contributed by atoms with Gasteiger partial charge in [0.2, 0.25) is 0 Å². The molecular weight excluding hydrogens is 203 g/mol. The molecule has 0 aliphatic heterocycles. The van der Waals surface area contributed by atoms with E-state index in [9.17, 15) is 9.18 Å². The molecule has 2 fully saturated rings. The highest BCUT2D eigenvalue weighted by atomic mass is 19.1. The molecule has 2 saturated carbocycles. The molecule has 0 amide bonds. The number of hydrogen-bond donors (Lipinski definition) is 0. The van der Waals surface area contributed by atoms with E-state index in [1.54, 1.807) is 12.1 Å². The summed E-state index contributed by atoms with van der Waals surface area (Å²) in [4.78, 5) is 11.9. The average molecular weight is 216 g/mol. The van der Waals surface area contributed by atoms with Crippen LogP contribution in [0.25, 0.3) is 6.08 Å². The molecule has 16 heavy (non-hydrogen) atoms. The number of allylic oxidation sites excluding steroid dienone is 1. The minimum atomic E-state index is -0.235. The van der Waals surface area contributed by atoms with Gasteiger partial charge < -0.3 is 0 Å². The molecule has 1 aromatic carbocycles. The van der Waals surface area contributed by atoms with Crippen LogP contribution in [-0.2, 0) is 4.79 Å². The van der Waals surface area contributed by atoms with E-state index in [-0.39, 0.29) is 11.7 Å². The Morgan fingerprint density at radius 1 is 1.12 bits per heavy atom. The Kier molecular flexibility index (Phi) is 2.16. The number of carbonyl (C=O) groups excluding carboxylic acids is 1. The van der Waals surface area contributed by atoms with E-state index in [0.717, 1.165) is 30.4 Å². The summed E-state index contributed by atoms with van der Waals surface area (Å²) in [6.07, 6.45) is 5.17. The van der Waals surface area contributed by atoms with Crippen LogP contribution in [0.3, 0.4) is 0 Å². The summed E-state index contributed by atoms with van der Waals surface area (Å²) >= 11 is 0. The molecule has 0 radical (unpaired) electrons. The maximum Gasteiger partial charge on any atom is 0.162 e. The second kappa shape index (κ2) is 3.55. The van der Waals surface area contributed by atoms with Crippen LogP contribution < -0.4 is 0 Å². The molecule has 0 saturated heterocycles. The SMILES string of the molecule is O=C1/C(=C/c2ccc(F)cc2)[C@@H]2CC[C@H]1C2. The molecule has 82 valence electrons. The molecule has 0 spiro atoms. The van der Waals surface area contributed by atoms with Crippen LogP contribution in [0, 0.1) is 17.7 Å². The van der Waals surface area contributed by atoms with Gasteiger partial charge in [0.1, 0.15) is 5.82 Å². The van der Waals surface area contributed by atoms with Crippen molar-refractivity contribution in [2.45, 2.75) is 19.3 Å². The van der Waals surface area contributed by atoms with E-state index in [1.165, 1.54) is 12.1 Å². The number of benzene rings is 1. The second-order valence-corrected chi connectivity index (χ2v) is 4.72. The summed E-state index contributed by atoms with van der Waals surface area (Å²) in [5.41, 5.74) is 1.89. The molecule has 0 heterocycles. The van der Waals surface area contributed by atoms with Gasteiger partial charge in [-0.3, -0.25) is 4.79 Å². The van der Waals surface area contributed by atoms with Crippen molar-refractivity contribution in [2.24, 2.45) is 11.8 Å². The van der Waals surface area contributed by atoms with Crippen LogP contribution in [0.2, 0.25) is 0 Å². The van der Waals surface area contributed by atoms with Gasteiger partial charge in [-0.15, -0.1) is 0 Å². The fourth-order valence-corrected chi connectivity index (χ4v) is 2.87. The van der Waals surface area contributed by atoms with E-state index >= 15 is 0 Å². The first kappa shape index (κ1) is 9.76. The topological polar surface area (TPSA) is 17.1 Å². The number of fused-ring (bicyclic) bond motifs is 2. The van der Waals surface area contributed by atoms with E-state index in [1.807, 2.05) is 6.08 Å². The van der Waals surface area contributed by atoms with Crippen LogP contribution in [0.4, 0.5) is 4.39 Å². The van der Waals surface area contributed by atoms with Gasteiger partial charge in [0.05, 0.1) is 0 Å². The highest BCUT2D eigenvalue weighted by molar-refractivity contribution is 6.04. The summed E-state index contributed by atoms with van der Waals surface area (Å²) in [5, 5.41) is 0. The molecule has 0 unspecified atom stereocenters. The number of carbonyl (C=O) groups is 1. The van der Waals surface area contributed by atoms with Gasteiger partial charge in [-0.1, -0.05) is 12.1 Å². The fourth-order valence-electron chi connectivity index (χ4n) is 2.87. The van der Waals surface area contributed by atoms with Crippen molar-refractivity contribution >= 4 is 11.9 Å². The Bertz CT molecular complexity index is 458. The van der Waals surface area contributed by atoms with Crippen molar-refractivity contribution in [1.82, 2.24) is 0 Å².